The maximum absolute atomic E-state index is 13.9. The largest absolute Gasteiger partial charge is 0.493 e. The highest BCUT2D eigenvalue weighted by atomic mass is 35.5. The Kier molecular flexibility index (Phi) is 7.29. The van der Waals surface area contributed by atoms with Gasteiger partial charge < -0.3 is 4.74 Å². The monoisotopic (exact) mass is 546 g/mol. The van der Waals surface area contributed by atoms with Crippen LogP contribution >= 0.6 is 35.0 Å². The molecular formula is C30H24Cl2N2O2S. The van der Waals surface area contributed by atoms with Crippen LogP contribution in [0.15, 0.2) is 82.7 Å². The summed E-state index contributed by atoms with van der Waals surface area (Å²) in [6.07, 6.45) is 1.90. The first-order chi connectivity index (χ1) is 17.9. The molecule has 0 spiro atoms. The molecule has 0 atom stereocenters. The van der Waals surface area contributed by atoms with Gasteiger partial charge >= 0.3 is 0 Å². The molecule has 0 bridgehead atoms. The summed E-state index contributed by atoms with van der Waals surface area (Å²) < 4.78 is 5.94. The lowest BCUT2D eigenvalue weighted by molar-refractivity contribution is -0.113. The van der Waals surface area contributed by atoms with E-state index in [-0.39, 0.29) is 5.91 Å². The molecule has 0 N–H and O–H groups in total. The molecular weight excluding hydrogens is 523 g/mol. The lowest BCUT2D eigenvalue weighted by Crippen LogP contribution is -2.28. The van der Waals surface area contributed by atoms with Gasteiger partial charge in [0.1, 0.15) is 5.75 Å². The Morgan fingerprint density at radius 2 is 1.68 bits per heavy atom. The lowest BCUT2D eigenvalue weighted by atomic mass is 10.0. The topological polar surface area (TPSA) is 41.9 Å². The summed E-state index contributed by atoms with van der Waals surface area (Å²) in [7, 11) is 0. The number of rotatable bonds is 5. The summed E-state index contributed by atoms with van der Waals surface area (Å²) in [5.74, 6) is 0.542. The summed E-state index contributed by atoms with van der Waals surface area (Å²) in [6, 6.07) is 23.2. The minimum Gasteiger partial charge on any atom is -0.493 e. The van der Waals surface area contributed by atoms with Gasteiger partial charge in [-0.25, -0.2) is 4.99 Å². The first-order valence-corrected chi connectivity index (χ1v) is 13.4. The number of thioether (sulfide) groups is 1. The number of aliphatic imine (C=N–C) groups is 1. The Balaban J connectivity index is 1.67. The van der Waals surface area contributed by atoms with Crippen LogP contribution in [0.3, 0.4) is 0 Å². The van der Waals surface area contributed by atoms with Gasteiger partial charge in [-0.3, -0.25) is 9.69 Å². The maximum Gasteiger partial charge on any atom is 0.271 e. The van der Waals surface area contributed by atoms with Gasteiger partial charge in [0.15, 0.2) is 5.17 Å². The van der Waals surface area contributed by atoms with E-state index < -0.39 is 0 Å². The molecule has 1 heterocycles. The van der Waals surface area contributed by atoms with Crippen LogP contribution in [0.1, 0.15) is 23.6 Å². The van der Waals surface area contributed by atoms with E-state index in [9.17, 15) is 4.79 Å². The predicted molar refractivity (Wildman–Crippen MR) is 158 cm³/mol. The SMILES string of the molecule is CCOc1ccc2ccccc2c1/C=C1/SC(=Nc2ccc(C)c(Cl)c2)N(c2ccc(C)c(Cl)c2)C1=O. The maximum atomic E-state index is 13.9. The normalized spacial score (nSPS) is 15.8. The molecule has 0 aliphatic carbocycles. The van der Waals surface area contributed by atoms with E-state index in [1.807, 2.05) is 87.5 Å². The minimum atomic E-state index is -0.183. The number of benzene rings is 4. The molecule has 1 fully saturated rings. The van der Waals surface area contributed by atoms with E-state index >= 15 is 0 Å². The van der Waals surface area contributed by atoms with Crippen molar-refractivity contribution in [2.45, 2.75) is 20.8 Å². The highest BCUT2D eigenvalue weighted by molar-refractivity contribution is 8.19. The van der Waals surface area contributed by atoms with Crippen molar-refractivity contribution in [2.75, 3.05) is 11.5 Å². The van der Waals surface area contributed by atoms with E-state index in [0.717, 1.165) is 33.2 Å². The van der Waals surface area contributed by atoms with Crippen LogP contribution in [0.5, 0.6) is 5.75 Å². The van der Waals surface area contributed by atoms with E-state index in [1.54, 1.807) is 17.0 Å². The number of amidine groups is 1. The zero-order valence-electron chi connectivity index (χ0n) is 20.6. The molecule has 7 heteroatoms. The van der Waals surface area contributed by atoms with Crippen molar-refractivity contribution in [3.05, 3.63) is 104 Å². The van der Waals surface area contributed by atoms with Crippen molar-refractivity contribution in [3.8, 4) is 5.75 Å². The Morgan fingerprint density at radius 3 is 2.41 bits per heavy atom. The Morgan fingerprint density at radius 1 is 0.946 bits per heavy atom. The molecule has 0 unspecified atom stereocenters. The number of halogens is 2. The van der Waals surface area contributed by atoms with Crippen molar-refractivity contribution in [1.29, 1.82) is 0 Å². The second-order valence-corrected chi connectivity index (χ2v) is 10.5. The molecule has 186 valence electrons. The summed E-state index contributed by atoms with van der Waals surface area (Å²) >= 11 is 14.1. The smallest absolute Gasteiger partial charge is 0.271 e. The Hall–Kier alpha value is -3.25. The molecule has 0 radical (unpaired) electrons. The zero-order valence-corrected chi connectivity index (χ0v) is 22.9. The van der Waals surface area contributed by atoms with Crippen LogP contribution in [0.4, 0.5) is 11.4 Å². The molecule has 1 amide bonds. The third-order valence-electron chi connectivity index (χ3n) is 6.11. The summed E-state index contributed by atoms with van der Waals surface area (Å²) in [4.78, 5) is 20.8. The number of nitrogens with zero attached hydrogens (tertiary/aromatic N) is 2. The molecule has 4 nitrogen and oxygen atoms in total. The molecule has 1 saturated heterocycles. The third kappa shape index (κ3) is 5.12. The van der Waals surface area contributed by atoms with Gasteiger partial charge in [0, 0.05) is 15.6 Å². The van der Waals surface area contributed by atoms with Crippen LogP contribution < -0.4 is 9.64 Å². The molecule has 1 aliphatic heterocycles. The molecule has 1 aliphatic rings. The van der Waals surface area contributed by atoms with Crippen LogP contribution in [-0.2, 0) is 4.79 Å². The fraction of sp³-hybridized carbons (Fsp3) is 0.133. The molecule has 5 rings (SSSR count). The molecule has 4 aromatic carbocycles. The Labute approximate surface area is 230 Å². The molecule has 0 aromatic heterocycles. The molecule has 37 heavy (non-hydrogen) atoms. The summed E-state index contributed by atoms with van der Waals surface area (Å²) in [5, 5.41) is 3.80. The van der Waals surface area contributed by atoms with Crippen molar-refractivity contribution >= 4 is 74.3 Å². The highest BCUT2D eigenvalue weighted by Gasteiger charge is 2.35. The number of hydrogen-bond donors (Lipinski definition) is 0. The fourth-order valence-corrected chi connectivity index (χ4v) is 5.43. The molecule has 4 aromatic rings. The standard InChI is InChI=1S/C30H24Cl2N2O2S/c1-4-36-27-14-11-20-7-5-6-8-23(20)24(27)17-28-29(35)34(22-13-10-19(3)26(32)16-22)30(37-28)33-21-12-9-18(2)25(31)15-21/h5-17H,4H2,1-3H3/b28-17+,33-30?. The van der Waals surface area contributed by atoms with E-state index in [0.29, 0.717) is 38.1 Å². The van der Waals surface area contributed by atoms with E-state index in [2.05, 4.69) is 0 Å². The van der Waals surface area contributed by atoms with Gasteiger partial charge in [-0.05, 0) is 90.8 Å². The van der Waals surface area contributed by atoms with Crippen LogP contribution in [0.25, 0.3) is 16.8 Å². The van der Waals surface area contributed by atoms with Crippen molar-refractivity contribution in [1.82, 2.24) is 0 Å². The average Bonchev–Trinajstić information content (AvgIpc) is 3.19. The number of fused-ring (bicyclic) bond motifs is 1. The first-order valence-electron chi connectivity index (χ1n) is 11.8. The number of ether oxygens (including phenoxy) is 1. The second kappa shape index (κ2) is 10.6. The van der Waals surface area contributed by atoms with Crippen LogP contribution in [0, 0.1) is 13.8 Å². The van der Waals surface area contributed by atoms with Gasteiger partial charge in [0.05, 0.1) is 22.9 Å². The van der Waals surface area contributed by atoms with Crippen LogP contribution in [-0.4, -0.2) is 17.7 Å². The number of anilines is 1. The molecule has 0 saturated carbocycles. The number of hydrogen-bond acceptors (Lipinski definition) is 4. The van der Waals surface area contributed by atoms with E-state index in [1.165, 1.54) is 11.8 Å². The fourth-order valence-electron chi connectivity index (χ4n) is 4.10. The number of aryl methyl sites for hydroxylation is 2. The lowest BCUT2D eigenvalue weighted by Gasteiger charge is -2.17. The number of carbonyl (C=O) groups is 1. The summed E-state index contributed by atoms with van der Waals surface area (Å²) in [5.41, 5.74) is 4.06. The van der Waals surface area contributed by atoms with E-state index in [4.69, 9.17) is 32.9 Å². The highest BCUT2D eigenvalue weighted by Crippen LogP contribution is 2.41. The second-order valence-electron chi connectivity index (χ2n) is 8.64. The minimum absolute atomic E-state index is 0.183. The average molecular weight is 548 g/mol. The quantitative estimate of drug-likeness (QED) is 0.234. The van der Waals surface area contributed by atoms with Gasteiger partial charge in [-0.1, -0.05) is 65.7 Å². The zero-order chi connectivity index (χ0) is 26.1. The van der Waals surface area contributed by atoms with Crippen molar-refractivity contribution in [3.63, 3.8) is 0 Å². The number of carbonyl (C=O) groups excluding carboxylic acids is 1. The van der Waals surface area contributed by atoms with Crippen LogP contribution in [0.2, 0.25) is 10.0 Å². The van der Waals surface area contributed by atoms with Crippen molar-refractivity contribution in [2.24, 2.45) is 4.99 Å². The van der Waals surface area contributed by atoms with Gasteiger partial charge in [-0.15, -0.1) is 0 Å². The Bertz CT molecular complexity index is 1600. The first kappa shape index (κ1) is 25.4. The summed E-state index contributed by atoms with van der Waals surface area (Å²) in [6.45, 7) is 6.33. The predicted octanol–water partition coefficient (Wildman–Crippen LogP) is 8.97. The third-order valence-corrected chi connectivity index (χ3v) is 7.89. The van der Waals surface area contributed by atoms with Crippen molar-refractivity contribution < 1.29 is 9.53 Å². The number of amides is 1. The van der Waals surface area contributed by atoms with Gasteiger partial charge in [0.25, 0.3) is 5.91 Å². The van der Waals surface area contributed by atoms with Gasteiger partial charge in [0.2, 0.25) is 0 Å². The van der Waals surface area contributed by atoms with Gasteiger partial charge in [-0.2, -0.15) is 0 Å².